The molecule has 16 heavy (non-hydrogen) atoms. The van der Waals surface area contributed by atoms with Crippen molar-refractivity contribution in [2.45, 2.75) is 19.8 Å². The van der Waals surface area contributed by atoms with Crippen LogP contribution in [0, 0.1) is 11.8 Å². The number of ether oxygens (including phenoxy) is 1. The van der Waals surface area contributed by atoms with Crippen molar-refractivity contribution in [3.8, 4) is 0 Å². The molecule has 5 heteroatoms. The molecule has 92 valence electrons. The van der Waals surface area contributed by atoms with Gasteiger partial charge in [0.05, 0.1) is 18.9 Å². The Morgan fingerprint density at radius 2 is 2.25 bits per heavy atom. The summed E-state index contributed by atoms with van der Waals surface area (Å²) in [5.74, 6) is -1.47. The predicted molar refractivity (Wildman–Crippen MR) is 58.0 cm³/mol. The molecule has 0 aromatic heterocycles. The number of rotatable bonds is 4. The highest BCUT2D eigenvalue weighted by Crippen LogP contribution is 2.18. The summed E-state index contributed by atoms with van der Waals surface area (Å²) < 4.78 is 4.71. The monoisotopic (exact) mass is 229 g/mol. The summed E-state index contributed by atoms with van der Waals surface area (Å²) in [5, 5.41) is 8.82. The van der Waals surface area contributed by atoms with Gasteiger partial charge in [-0.2, -0.15) is 0 Å². The van der Waals surface area contributed by atoms with Crippen molar-refractivity contribution in [3.63, 3.8) is 0 Å². The minimum atomic E-state index is -0.791. The second-order valence-electron chi connectivity index (χ2n) is 4.36. The summed E-state index contributed by atoms with van der Waals surface area (Å²) in [4.78, 5) is 24.1. The maximum atomic E-state index is 11.4. The number of methoxy groups -OCH3 is 1. The number of carbonyl (C=O) groups is 2. The van der Waals surface area contributed by atoms with E-state index in [0.717, 1.165) is 19.4 Å². The Bertz CT molecular complexity index is 267. The van der Waals surface area contributed by atoms with Crippen LogP contribution >= 0.6 is 0 Å². The minimum Gasteiger partial charge on any atom is -0.481 e. The van der Waals surface area contributed by atoms with Gasteiger partial charge in [-0.1, -0.05) is 6.92 Å². The fraction of sp³-hybridized carbons (Fsp3) is 0.818. The molecule has 1 aliphatic heterocycles. The molecule has 2 atom stereocenters. The SMILES string of the molecule is COC(=O)C1CCCN(CC(C)C(=O)O)C1. The molecule has 0 aliphatic carbocycles. The van der Waals surface area contributed by atoms with Gasteiger partial charge in [-0.05, 0) is 19.4 Å². The lowest BCUT2D eigenvalue weighted by Crippen LogP contribution is -2.42. The number of piperidine rings is 1. The van der Waals surface area contributed by atoms with Gasteiger partial charge in [-0.15, -0.1) is 0 Å². The van der Waals surface area contributed by atoms with Gasteiger partial charge >= 0.3 is 11.9 Å². The molecule has 0 aromatic rings. The zero-order valence-corrected chi connectivity index (χ0v) is 9.81. The maximum absolute atomic E-state index is 11.4. The van der Waals surface area contributed by atoms with Crippen LogP contribution in [-0.4, -0.2) is 48.7 Å². The van der Waals surface area contributed by atoms with Gasteiger partial charge in [0.1, 0.15) is 0 Å². The van der Waals surface area contributed by atoms with Crippen LogP contribution in [0.1, 0.15) is 19.8 Å². The fourth-order valence-corrected chi connectivity index (χ4v) is 2.05. The zero-order chi connectivity index (χ0) is 12.1. The van der Waals surface area contributed by atoms with Crippen LogP contribution < -0.4 is 0 Å². The maximum Gasteiger partial charge on any atom is 0.309 e. The lowest BCUT2D eigenvalue weighted by molar-refractivity contribution is -0.147. The highest BCUT2D eigenvalue weighted by atomic mass is 16.5. The second kappa shape index (κ2) is 5.84. The topological polar surface area (TPSA) is 66.8 Å². The second-order valence-corrected chi connectivity index (χ2v) is 4.36. The van der Waals surface area contributed by atoms with E-state index in [1.165, 1.54) is 7.11 Å². The Morgan fingerprint density at radius 3 is 2.81 bits per heavy atom. The molecule has 0 spiro atoms. The largest absolute Gasteiger partial charge is 0.481 e. The van der Waals surface area contributed by atoms with E-state index < -0.39 is 11.9 Å². The predicted octanol–water partition coefficient (Wildman–Crippen LogP) is 0.592. The highest BCUT2D eigenvalue weighted by Gasteiger charge is 2.27. The van der Waals surface area contributed by atoms with Crippen LogP contribution in [0.4, 0.5) is 0 Å². The van der Waals surface area contributed by atoms with Crippen LogP contribution in [0.15, 0.2) is 0 Å². The third-order valence-electron chi connectivity index (χ3n) is 2.99. The molecule has 0 aromatic carbocycles. The lowest BCUT2D eigenvalue weighted by Gasteiger charge is -2.32. The van der Waals surface area contributed by atoms with E-state index in [-0.39, 0.29) is 11.9 Å². The van der Waals surface area contributed by atoms with Gasteiger partial charge in [-0.25, -0.2) is 0 Å². The molecule has 1 aliphatic rings. The normalized spacial score (nSPS) is 23.8. The molecule has 0 amide bonds. The van der Waals surface area contributed by atoms with Gasteiger partial charge in [-0.3, -0.25) is 9.59 Å². The molecule has 1 rings (SSSR count). The quantitative estimate of drug-likeness (QED) is 0.715. The number of esters is 1. The van der Waals surface area contributed by atoms with Crippen molar-refractivity contribution in [1.82, 2.24) is 4.90 Å². The lowest BCUT2D eigenvalue weighted by atomic mass is 9.97. The summed E-state index contributed by atoms with van der Waals surface area (Å²) >= 11 is 0. The van der Waals surface area contributed by atoms with E-state index >= 15 is 0 Å². The number of hydrogen-bond donors (Lipinski definition) is 1. The van der Waals surface area contributed by atoms with E-state index in [4.69, 9.17) is 9.84 Å². The smallest absolute Gasteiger partial charge is 0.309 e. The van der Waals surface area contributed by atoms with E-state index in [1.54, 1.807) is 6.92 Å². The first-order valence-electron chi connectivity index (χ1n) is 5.57. The number of likely N-dealkylation sites (tertiary alicyclic amines) is 1. The van der Waals surface area contributed by atoms with Gasteiger partial charge < -0.3 is 14.7 Å². The molecular formula is C11H19NO4. The first kappa shape index (κ1) is 13.0. The van der Waals surface area contributed by atoms with Crippen LogP contribution in [0.25, 0.3) is 0 Å². The molecule has 1 N–H and O–H groups in total. The Balaban J connectivity index is 2.44. The number of carbonyl (C=O) groups excluding carboxylic acids is 1. The van der Waals surface area contributed by atoms with Crippen molar-refractivity contribution in [2.24, 2.45) is 11.8 Å². The van der Waals surface area contributed by atoms with Gasteiger partial charge in [0.25, 0.3) is 0 Å². The third kappa shape index (κ3) is 3.48. The molecule has 2 unspecified atom stereocenters. The first-order chi connectivity index (χ1) is 7.54. The average molecular weight is 229 g/mol. The van der Waals surface area contributed by atoms with E-state index in [2.05, 4.69) is 0 Å². The van der Waals surface area contributed by atoms with Crippen molar-refractivity contribution in [3.05, 3.63) is 0 Å². The zero-order valence-electron chi connectivity index (χ0n) is 9.81. The first-order valence-corrected chi connectivity index (χ1v) is 5.57. The van der Waals surface area contributed by atoms with Gasteiger partial charge in [0.2, 0.25) is 0 Å². The summed E-state index contributed by atoms with van der Waals surface area (Å²) in [6.07, 6.45) is 1.76. The number of hydrogen-bond acceptors (Lipinski definition) is 4. The number of carboxylic acid groups (broad SMARTS) is 1. The molecule has 5 nitrogen and oxygen atoms in total. The molecule has 0 bridgehead atoms. The van der Waals surface area contributed by atoms with Crippen molar-refractivity contribution in [1.29, 1.82) is 0 Å². The summed E-state index contributed by atoms with van der Waals surface area (Å²) in [6.45, 7) is 3.67. The minimum absolute atomic E-state index is 0.0975. The number of aliphatic carboxylic acids is 1. The third-order valence-corrected chi connectivity index (χ3v) is 2.99. The Morgan fingerprint density at radius 1 is 1.56 bits per heavy atom. The van der Waals surface area contributed by atoms with Gasteiger partial charge in [0, 0.05) is 13.1 Å². The van der Waals surface area contributed by atoms with Crippen molar-refractivity contribution in [2.75, 3.05) is 26.7 Å². The molecular weight excluding hydrogens is 210 g/mol. The van der Waals surface area contributed by atoms with E-state index in [9.17, 15) is 9.59 Å². The van der Waals surface area contributed by atoms with Crippen molar-refractivity contribution < 1.29 is 19.4 Å². The van der Waals surface area contributed by atoms with Crippen molar-refractivity contribution >= 4 is 11.9 Å². The summed E-state index contributed by atoms with van der Waals surface area (Å²) in [5.41, 5.74) is 0. The molecule has 1 heterocycles. The molecule has 1 fully saturated rings. The number of carboxylic acids is 1. The molecule has 0 saturated carbocycles. The van der Waals surface area contributed by atoms with Crippen LogP contribution in [-0.2, 0) is 14.3 Å². The molecule has 1 saturated heterocycles. The standard InChI is InChI=1S/C11H19NO4/c1-8(10(13)14)6-12-5-3-4-9(7-12)11(15)16-2/h8-9H,3-7H2,1-2H3,(H,13,14). The summed E-state index contributed by atoms with van der Waals surface area (Å²) in [7, 11) is 1.39. The molecule has 0 radical (unpaired) electrons. The number of nitrogens with zero attached hydrogens (tertiary/aromatic N) is 1. The van der Waals surface area contributed by atoms with E-state index in [0.29, 0.717) is 13.1 Å². The van der Waals surface area contributed by atoms with Gasteiger partial charge in [0.15, 0.2) is 0 Å². The fourth-order valence-electron chi connectivity index (χ4n) is 2.05. The Labute approximate surface area is 95.4 Å². The Kier molecular flexibility index (Phi) is 4.73. The van der Waals surface area contributed by atoms with Crippen LogP contribution in [0.5, 0.6) is 0 Å². The Hall–Kier alpha value is -1.10. The summed E-state index contributed by atoms with van der Waals surface area (Å²) in [6, 6.07) is 0. The van der Waals surface area contributed by atoms with Crippen LogP contribution in [0.2, 0.25) is 0 Å². The van der Waals surface area contributed by atoms with Crippen LogP contribution in [0.3, 0.4) is 0 Å². The highest BCUT2D eigenvalue weighted by molar-refractivity contribution is 5.72. The van der Waals surface area contributed by atoms with E-state index in [1.807, 2.05) is 4.90 Å². The average Bonchev–Trinajstić information content (AvgIpc) is 2.28.